The van der Waals surface area contributed by atoms with Crippen LogP contribution in [0.2, 0.25) is 0 Å². The third-order valence-electron chi connectivity index (χ3n) is 11.3. The van der Waals surface area contributed by atoms with E-state index >= 15 is 0 Å². The fourth-order valence-electron chi connectivity index (χ4n) is 8.13. The van der Waals surface area contributed by atoms with Crippen molar-refractivity contribution in [3.63, 3.8) is 0 Å². The first-order chi connectivity index (χ1) is 27.0. The third kappa shape index (κ3) is 7.83. The normalized spacial score (nSPS) is 16.9. The fourth-order valence-corrected chi connectivity index (χ4v) is 9.26. The maximum Gasteiger partial charge on any atom is 0.407 e. The van der Waals surface area contributed by atoms with E-state index in [1.165, 1.54) is 14.2 Å². The van der Waals surface area contributed by atoms with Gasteiger partial charge >= 0.3 is 12.2 Å². The first-order valence-corrected chi connectivity index (χ1v) is 20.5. The number of amides is 3. The molecule has 2 aromatic carbocycles. The Morgan fingerprint density at radius 1 is 0.964 bits per heavy atom. The Balaban J connectivity index is 1.14. The van der Waals surface area contributed by atoms with E-state index in [-0.39, 0.29) is 35.7 Å². The number of aryl methyl sites for hydroxylation is 2. The second-order valence-electron chi connectivity index (χ2n) is 15.7. The number of hydrogen-bond acceptors (Lipinski definition) is 10. The van der Waals surface area contributed by atoms with Gasteiger partial charge in [-0.15, -0.1) is 11.3 Å². The summed E-state index contributed by atoms with van der Waals surface area (Å²) in [5.74, 6) is 1.74. The van der Waals surface area contributed by atoms with E-state index in [0.717, 1.165) is 105 Å². The number of thiazole rings is 1. The average Bonchev–Trinajstić information content (AvgIpc) is 4.01. The average molecular weight is 784 g/mol. The van der Waals surface area contributed by atoms with Crippen LogP contribution in [-0.4, -0.2) is 87.3 Å². The highest BCUT2D eigenvalue weighted by Crippen LogP contribution is 2.43. The second-order valence-corrected chi connectivity index (χ2v) is 16.7. The summed E-state index contributed by atoms with van der Waals surface area (Å²) in [4.78, 5) is 63.3. The summed E-state index contributed by atoms with van der Waals surface area (Å²) in [7, 11) is 2.69. The van der Waals surface area contributed by atoms with Crippen molar-refractivity contribution < 1.29 is 23.9 Å². The van der Waals surface area contributed by atoms with Crippen molar-refractivity contribution in [3.05, 3.63) is 53.4 Å². The number of methoxy groups -OCH3 is 2. The number of carbonyl (C=O) groups is 3. The largest absolute Gasteiger partial charge is 0.453 e. The van der Waals surface area contributed by atoms with Crippen LogP contribution in [0.3, 0.4) is 0 Å². The van der Waals surface area contributed by atoms with Gasteiger partial charge in [-0.05, 0) is 80.8 Å². The molecule has 1 saturated heterocycles. The Labute approximate surface area is 330 Å². The number of hydrogen-bond donors (Lipinski definition) is 5. The van der Waals surface area contributed by atoms with Crippen molar-refractivity contribution in [2.45, 2.75) is 96.7 Å². The molecule has 14 nitrogen and oxygen atoms in total. The van der Waals surface area contributed by atoms with Gasteiger partial charge in [-0.25, -0.2) is 24.5 Å². The first-order valence-electron chi connectivity index (χ1n) is 19.7. The minimum absolute atomic E-state index is 0.0767. The van der Waals surface area contributed by atoms with Crippen LogP contribution in [0.25, 0.3) is 42.9 Å². The highest BCUT2D eigenvalue weighted by atomic mass is 32.1. The Morgan fingerprint density at radius 3 is 2.46 bits per heavy atom. The summed E-state index contributed by atoms with van der Waals surface area (Å²) in [6.07, 6.45) is 4.58. The standard InChI is InChI=1S/C41H53N9O5S/c1-21(2)30(46-40(52)54-5)20-24(9-7-17-42)36-43-27-14-12-23-19-25(11-13-26(23)33(27)47-36)38-45-29-16-15-28-34(35(29)56-38)48-37(44-28)31-10-8-18-50(31)39(51)32(22(3)4)49-41(53)55-6/h11-14,19,21-22,24,30-32H,7-10,15-18,20,42H2,1-6H3,(H,43,47)(H,44,48)(H,46,52)(H,49,53)/t24?,30-,31+,32+/m1/s1. The first kappa shape index (κ1) is 39.2. The lowest BCUT2D eigenvalue weighted by atomic mass is 9.89. The van der Waals surface area contributed by atoms with Crippen molar-refractivity contribution in [3.8, 4) is 21.1 Å². The van der Waals surface area contributed by atoms with Gasteiger partial charge < -0.3 is 40.7 Å². The monoisotopic (exact) mass is 783 g/mol. The molecule has 4 atom stereocenters. The van der Waals surface area contributed by atoms with Crippen LogP contribution in [-0.2, 0) is 27.1 Å². The van der Waals surface area contributed by atoms with E-state index < -0.39 is 18.2 Å². The van der Waals surface area contributed by atoms with Crippen LogP contribution in [0.15, 0.2) is 30.3 Å². The third-order valence-corrected chi connectivity index (χ3v) is 12.4. The van der Waals surface area contributed by atoms with Gasteiger partial charge in [0.25, 0.3) is 0 Å². The van der Waals surface area contributed by atoms with Gasteiger partial charge in [0.05, 0.1) is 53.3 Å². The number of fused-ring (bicyclic) bond motifs is 6. The van der Waals surface area contributed by atoms with Crippen LogP contribution in [0.5, 0.6) is 0 Å². The summed E-state index contributed by atoms with van der Waals surface area (Å²) in [6.45, 7) is 9.21. The molecule has 1 aliphatic heterocycles. The fraction of sp³-hybridized carbons (Fsp3) is 0.512. The molecule has 0 spiro atoms. The highest BCUT2D eigenvalue weighted by Gasteiger charge is 2.38. The van der Waals surface area contributed by atoms with Crippen LogP contribution < -0.4 is 16.4 Å². The van der Waals surface area contributed by atoms with E-state index in [0.29, 0.717) is 19.5 Å². The molecule has 1 fully saturated rings. The molecule has 56 heavy (non-hydrogen) atoms. The van der Waals surface area contributed by atoms with Gasteiger partial charge in [0.1, 0.15) is 22.7 Å². The number of ether oxygens (including phenoxy) is 2. The van der Waals surface area contributed by atoms with Crippen molar-refractivity contribution in [2.75, 3.05) is 27.3 Å². The SMILES string of the molecule is COC(=O)N[C@H](C(=O)N1CCC[C@H]1c1nc2c([nH]1)-c1sc(-c3ccc4c(ccc5nc(C(CCCN)C[C@@H](NC(=O)OC)C(C)C)[nH]c54)c3)nc1CC2)C(C)C. The summed E-state index contributed by atoms with van der Waals surface area (Å²) in [5, 5.41) is 8.85. The number of alkyl carbamates (subject to hydrolysis) is 2. The van der Waals surface area contributed by atoms with E-state index in [1.807, 2.05) is 18.7 Å². The van der Waals surface area contributed by atoms with E-state index in [4.69, 9.17) is 30.2 Å². The minimum atomic E-state index is -0.686. The maximum absolute atomic E-state index is 13.7. The topological polar surface area (TPSA) is 193 Å². The second kappa shape index (κ2) is 16.6. The lowest BCUT2D eigenvalue weighted by Crippen LogP contribution is -2.51. The lowest BCUT2D eigenvalue weighted by Gasteiger charge is -2.30. The van der Waals surface area contributed by atoms with Crippen LogP contribution in [0.1, 0.15) is 94.8 Å². The minimum Gasteiger partial charge on any atom is -0.453 e. The zero-order chi connectivity index (χ0) is 39.7. The van der Waals surface area contributed by atoms with Crippen LogP contribution >= 0.6 is 11.3 Å². The van der Waals surface area contributed by atoms with Crippen LogP contribution in [0.4, 0.5) is 9.59 Å². The molecule has 0 saturated carbocycles. The zero-order valence-electron chi connectivity index (χ0n) is 33.0. The molecule has 15 heteroatoms. The van der Waals surface area contributed by atoms with E-state index in [1.54, 1.807) is 11.3 Å². The molecule has 2 aliphatic rings. The number of benzene rings is 2. The summed E-state index contributed by atoms with van der Waals surface area (Å²) in [6, 6.07) is 9.67. The molecule has 6 N–H and O–H groups in total. The number of rotatable bonds is 13. The quantitative estimate of drug-likeness (QED) is 0.0839. The number of H-pyrrole nitrogens is 2. The molecule has 1 unspecified atom stereocenters. The number of aromatic nitrogens is 5. The van der Waals surface area contributed by atoms with E-state index in [9.17, 15) is 14.4 Å². The number of nitrogens with two attached hydrogens (primary N) is 1. The van der Waals surface area contributed by atoms with Gasteiger partial charge in [0.15, 0.2) is 0 Å². The molecule has 3 amide bonds. The van der Waals surface area contributed by atoms with Crippen molar-refractivity contribution in [1.82, 2.24) is 40.5 Å². The smallest absolute Gasteiger partial charge is 0.407 e. The summed E-state index contributed by atoms with van der Waals surface area (Å²) >= 11 is 1.66. The number of nitrogens with zero attached hydrogens (tertiary/aromatic N) is 4. The summed E-state index contributed by atoms with van der Waals surface area (Å²) in [5.41, 5.74) is 11.9. The Kier molecular flexibility index (Phi) is 11.6. The lowest BCUT2D eigenvalue weighted by molar-refractivity contribution is -0.135. The van der Waals surface area contributed by atoms with Gasteiger partial charge in [-0.2, -0.15) is 0 Å². The molecule has 0 bridgehead atoms. The van der Waals surface area contributed by atoms with Gasteiger partial charge in [-0.1, -0.05) is 45.9 Å². The van der Waals surface area contributed by atoms with Gasteiger partial charge in [0, 0.05) is 29.5 Å². The maximum atomic E-state index is 13.7. The molecule has 0 radical (unpaired) electrons. The molecule has 3 aromatic heterocycles. The van der Waals surface area contributed by atoms with Crippen molar-refractivity contribution >= 4 is 51.2 Å². The number of likely N-dealkylation sites (tertiary alicyclic amines) is 1. The number of aromatic amines is 2. The van der Waals surface area contributed by atoms with Gasteiger partial charge in [0.2, 0.25) is 5.91 Å². The summed E-state index contributed by atoms with van der Waals surface area (Å²) < 4.78 is 9.70. The molecular formula is C41H53N9O5S. The van der Waals surface area contributed by atoms with E-state index in [2.05, 4.69) is 64.8 Å². The Bertz CT molecular complexity index is 2220. The molecule has 4 heterocycles. The van der Waals surface area contributed by atoms with Crippen molar-refractivity contribution in [1.29, 1.82) is 0 Å². The molecule has 298 valence electrons. The molecule has 5 aromatic rings. The van der Waals surface area contributed by atoms with Gasteiger partial charge in [-0.3, -0.25) is 4.79 Å². The Morgan fingerprint density at radius 2 is 1.73 bits per heavy atom. The van der Waals surface area contributed by atoms with Crippen molar-refractivity contribution in [2.24, 2.45) is 17.6 Å². The predicted octanol–water partition coefficient (Wildman–Crippen LogP) is 6.97. The molecular weight excluding hydrogens is 731 g/mol. The highest BCUT2D eigenvalue weighted by molar-refractivity contribution is 7.18. The molecule has 7 rings (SSSR count). The number of nitrogens with one attached hydrogen (secondary N) is 4. The zero-order valence-corrected chi connectivity index (χ0v) is 33.8. The molecule has 1 aliphatic carbocycles. The predicted molar refractivity (Wildman–Crippen MR) is 217 cm³/mol. The number of imidazole rings is 2. The number of carbonyl (C=O) groups excluding carboxylic acids is 3. The Hall–Kier alpha value is -5.02. The van der Waals surface area contributed by atoms with Crippen LogP contribution in [0, 0.1) is 11.8 Å².